The zero-order chi connectivity index (χ0) is 57.5. The molecule has 22 heteroatoms. The predicted molar refractivity (Wildman–Crippen MR) is 295 cm³/mol. The fourth-order valence-electron chi connectivity index (χ4n) is 8.42. The fourth-order valence-corrected chi connectivity index (χ4v) is 8.42. The van der Waals surface area contributed by atoms with Gasteiger partial charge in [-0.15, -0.1) is 5.10 Å². The van der Waals surface area contributed by atoms with Crippen molar-refractivity contribution < 1.29 is 77.9 Å². The Labute approximate surface area is 466 Å². The first-order valence-electron chi connectivity index (χ1n) is 28.1. The lowest BCUT2D eigenvalue weighted by Crippen LogP contribution is -2.62. The Hall–Kier alpha value is -5.14. The van der Waals surface area contributed by atoms with E-state index in [1.54, 1.807) is 11.6 Å². The molecular formula is C57H92N6O16. The van der Waals surface area contributed by atoms with E-state index in [2.05, 4.69) is 93.9 Å². The number of ether oxygens (including phenoxy) is 7. The van der Waals surface area contributed by atoms with Gasteiger partial charge in [-0.3, -0.25) is 14.3 Å². The zero-order valence-electron chi connectivity index (χ0n) is 46.9. The van der Waals surface area contributed by atoms with Gasteiger partial charge in [0.1, 0.15) is 48.8 Å². The number of nitrogens with one attached hydrogen (secondary N) is 3. The van der Waals surface area contributed by atoms with E-state index in [0.29, 0.717) is 64.5 Å². The molecule has 0 aliphatic carbocycles. The molecule has 0 spiro atoms. The van der Waals surface area contributed by atoms with Gasteiger partial charge in [0.05, 0.1) is 25.5 Å². The Morgan fingerprint density at radius 3 is 1.91 bits per heavy atom. The molecular weight excluding hydrogens is 1020 g/mol. The molecule has 2 fully saturated rings. The number of allylic oxidation sites excluding steroid dienone is 12. The molecule has 79 heavy (non-hydrogen) atoms. The van der Waals surface area contributed by atoms with Gasteiger partial charge in [-0.1, -0.05) is 97.9 Å². The summed E-state index contributed by atoms with van der Waals surface area (Å²) in [6, 6.07) is -0.746. The molecule has 3 heterocycles. The molecule has 22 nitrogen and oxygen atoms in total. The van der Waals surface area contributed by atoms with Crippen molar-refractivity contribution in [1.29, 1.82) is 0 Å². The number of hydrogen-bond donors (Lipinski definition) is 8. The van der Waals surface area contributed by atoms with E-state index >= 15 is 0 Å². The van der Waals surface area contributed by atoms with E-state index < -0.39 is 86.1 Å². The number of esters is 1. The number of carbonyl (C=O) groups excluding carboxylic acids is 4. The summed E-state index contributed by atoms with van der Waals surface area (Å²) in [4.78, 5) is 50.5. The number of aryl methyl sites for hydroxylation is 2. The third kappa shape index (κ3) is 28.2. The average Bonchev–Trinajstić information content (AvgIpc) is 3.89. The van der Waals surface area contributed by atoms with Gasteiger partial charge in [0.2, 0.25) is 11.8 Å². The first-order chi connectivity index (χ1) is 38.3. The highest BCUT2D eigenvalue weighted by molar-refractivity contribution is 5.84. The number of nitrogens with zero attached hydrogens (tertiary/aromatic N) is 3. The summed E-state index contributed by atoms with van der Waals surface area (Å²) in [6.07, 6.45) is 25.1. The largest absolute Gasteiger partial charge is 0.464 e. The Morgan fingerprint density at radius 2 is 1.27 bits per heavy atom. The van der Waals surface area contributed by atoms with Gasteiger partial charge in [0, 0.05) is 52.9 Å². The van der Waals surface area contributed by atoms with Crippen molar-refractivity contribution in [3.8, 4) is 0 Å². The van der Waals surface area contributed by atoms with Gasteiger partial charge in [-0.05, 0) is 96.8 Å². The van der Waals surface area contributed by atoms with Crippen LogP contribution in [0.25, 0.3) is 0 Å². The number of amides is 3. The van der Waals surface area contributed by atoms with Gasteiger partial charge in [0.25, 0.3) is 0 Å². The number of carbonyl (C=O) groups is 4. The second-order valence-corrected chi connectivity index (χ2v) is 19.3. The van der Waals surface area contributed by atoms with Crippen LogP contribution >= 0.6 is 0 Å². The Morgan fingerprint density at radius 1 is 0.658 bits per heavy atom. The molecule has 2 aliphatic rings. The maximum atomic E-state index is 12.7. The number of hydrogen-bond acceptors (Lipinski definition) is 18. The van der Waals surface area contributed by atoms with E-state index in [9.17, 15) is 44.7 Å². The first kappa shape index (κ1) is 68.1. The van der Waals surface area contributed by atoms with Gasteiger partial charge in [-0.2, -0.15) is 0 Å². The Balaban J connectivity index is 1.21. The summed E-state index contributed by atoms with van der Waals surface area (Å²) in [5.74, 6) is -0.754. The van der Waals surface area contributed by atoms with Crippen molar-refractivity contribution in [1.82, 2.24) is 30.9 Å². The van der Waals surface area contributed by atoms with Crippen LogP contribution in [-0.4, -0.2) is 179 Å². The van der Waals surface area contributed by atoms with Crippen molar-refractivity contribution >= 4 is 23.9 Å². The van der Waals surface area contributed by atoms with E-state index in [0.717, 1.165) is 63.5 Å². The van der Waals surface area contributed by atoms with E-state index in [4.69, 9.17) is 33.2 Å². The van der Waals surface area contributed by atoms with Crippen LogP contribution in [0.1, 0.15) is 129 Å². The normalized spacial score (nSPS) is 24.1. The topological polar surface area (TPSA) is 301 Å². The Kier molecular flexibility index (Phi) is 36.1. The molecule has 0 bridgehead atoms. The smallest absolute Gasteiger partial charge is 0.407 e. The molecule has 3 amide bonds. The maximum Gasteiger partial charge on any atom is 0.407 e. The lowest BCUT2D eigenvalue weighted by Gasteiger charge is -2.43. The lowest BCUT2D eigenvalue weighted by atomic mass is 9.98. The standard InChI is InChI=1S/C57H92N6O16/c1-5-7-8-9-10-11-12-13-14-15-16-17-18-19-20-21-22-23-26-34-47(65)60-43(54(71)75-6-2)33-27-29-36-58-46(64)35-31-32-42-39-63(62-61-42)38-30-25-24-28-37-59-57(72)79-53-49(67)45(77-55(74-4)52(53)70)41-76-56-51(69)50(68)48(66)44(78-56)40-73-3/h7-8,10-11,13-14,16-17,19-20,22-23,39,43-45,48-53,55-56,66-70H,5-6,9,12,15,18,21,24-38,40-41H2,1-4H3,(H,58,64)(H,59,72)(H,60,65)/b8-7-,11-10-,14-13-,17-16-,20-19-,23-22-/t43-,44?,45?,48+,49+,50-,51?,52?,53-,55-,56-/m0/s1. The van der Waals surface area contributed by atoms with Crippen LogP contribution in [-0.2, 0) is 60.5 Å². The number of unbranched alkanes of at least 4 members (excludes halogenated alkanes) is 4. The van der Waals surface area contributed by atoms with Crippen LogP contribution in [0.2, 0.25) is 0 Å². The van der Waals surface area contributed by atoms with Crippen LogP contribution < -0.4 is 16.0 Å². The van der Waals surface area contributed by atoms with Crippen LogP contribution in [0.5, 0.6) is 0 Å². The van der Waals surface area contributed by atoms with Crippen molar-refractivity contribution in [2.75, 3.05) is 47.1 Å². The second kappa shape index (κ2) is 41.8. The minimum absolute atomic E-state index is 0.0800. The first-order valence-corrected chi connectivity index (χ1v) is 28.1. The molecule has 0 saturated carbocycles. The fraction of sp³-hybridized carbons (Fsp3) is 0.684. The van der Waals surface area contributed by atoms with E-state index in [1.807, 2.05) is 18.3 Å². The minimum Gasteiger partial charge on any atom is -0.464 e. The highest BCUT2D eigenvalue weighted by Gasteiger charge is 2.49. The summed E-state index contributed by atoms with van der Waals surface area (Å²) in [6.45, 7) is 4.91. The van der Waals surface area contributed by atoms with Crippen molar-refractivity contribution in [3.05, 3.63) is 84.8 Å². The van der Waals surface area contributed by atoms with Gasteiger partial charge < -0.3 is 74.6 Å². The zero-order valence-corrected chi connectivity index (χ0v) is 46.9. The van der Waals surface area contributed by atoms with Crippen LogP contribution in [0, 0.1) is 0 Å². The van der Waals surface area contributed by atoms with Crippen LogP contribution in [0.3, 0.4) is 0 Å². The highest BCUT2D eigenvalue weighted by atomic mass is 16.7. The van der Waals surface area contributed by atoms with Crippen molar-refractivity contribution in [3.63, 3.8) is 0 Å². The summed E-state index contributed by atoms with van der Waals surface area (Å²) >= 11 is 0. The molecule has 4 unspecified atom stereocenters. The number of alkyl carbamates (subject to hydrolysis) is 1. The molecule has 11 atom stereocenters. The molecule has 1 aromatic heterocycles. The quantitative estimate of drug-likeness (QED) is 0.0252. The summed E-state index contributed by atoms with van der Waals surface area (Å²) in [5.41, 5.74) is 0.782. The van der Waals surface area contributed by atoms with Gasteiger partial charge >= 0.3 is 12.1 Å². The molecule has 0 aromatic carbocycles. The van der Waals surface area contributed by atoms with Crippen LogP contribution in [0.15, 0.2) is 79.1 Å². The minimum atomic E-state index is -1.64. The average molecular weight is 1120 g/mol. The number of rotatable bonds is 40. The highest BCUT2D eigenvalue weighted by Crippen LogP contribution is 2.27. The second-order valence-electron chi connectivity index (χ2n) is 19.3. The van der Waals surface area contributed by atoms with Gasteiger partial charge in [0.15, 0.2) is 18.7 Å². The molecule has 2 aliphatic heterocycles. The predicted octanol–water partition coefficient (Wildman–Crippen LogP) is 4.63. The van der Waals surface area contributed by atoms with Gasteiger partial charge in [-0.25, -0.2) is 9.59 Å². The molecule has 2 saturated heterocycles. The van der Waals surface area contributed by atoms with E-state index in [-0.39, 0.29) is 38.0 Å². The number of aromatic nitrogens is 3. The Bertz CT molecular complexity index is 2030. The lowest BCUT2D eigenvalue weighted by molar-refractivity contribution is -0.328. The molecule has 1 aromatic rings. The van der Waals surface area contributed by atoms with Crippen molar-refractivity contribution in [2.45, 2.75) is 203 Å². The summed E-state index contributed by atoms with van der Waals surface area (Å²) in [7, 11) is 2.63. The summed E-state index contributed by atoms with van der Waals surface area (Å²) in [5, 5.41) is 69.3. The van der Waals surface area contributed by atoms with E-state index in [1.165, 1.54) is 14.2 Å². The van der Waals surface area contributed by atoms with Crippen molar-refractivity contribution in [2.24, 2.45) is 0 Å². The number of aliphatic hydroxyl groups excluding tert-OH is 5. The SMILES string of the molecule is CC/C=C\C/C=C\C/C=C\C/C=C\C/C=C\C/C=C\CCC(=O)N[C@@H](CCCCNC(=O)CCCc1cn(CCCCCCNC(=O)O[C@@H]2C(O)[C@@H](OC)OC(CO[C@H]3OC(COC)[C@@H](O)[C@H](O)C3O)[C@H]2O)nn1)C(=O)OCC. The number of methoxy groups -OCH3 is 2. The number of aliphatic hydroxyl groups is 5. The van der Waals surface area contributed by atoms with Crippen LogP contribution in [0.4, 0.5) is 4.79 Å². The third-order valence-corrected chi connectivity index (χ3v) is 12.8. The molecule has 3 rings (SSSR count). The maximum absolute atomic E-state index is 12.7. The molecule has 446 valence electrons. The monoisotopic (exact) mass is 1120 g/mol. The molecule has 0 radical (unpaired) electrons. The molecule has 8 N–H and O–H groups in total. The summed E-state index contributed by atoms with van der Waals surface area (Å²) < 4.78 is 39.3. The third-order valence-electron chi connectivity index (χ3n) is 12.8.